The van der Waals surface area contributed by atoms with Crippen LogP contribution in [0.25, 0.3) is 0 Å². The Labute approximate surface area is 171 Å². The maximum absolute atomic E-state index is 6.41. The number of anilines is 1. The largest absolute Gasteiger partial charge is 0.486 e. The lowest BCUT2D eigenvalue weighted by atomic mass is 10.1. The first kappa shape index (κ1) is 19.6. The minimum absolute atomic E-state index is 0.432. The molecule has 0 radical (unpaired) electrons. The van der Waals surface area contributed by atoms with Crippen molar-refractivity contribution in [2.45, 2.75) is 33.4 Å². The van der Waals surface area contributed by atoms with Crippen molar-refractivity contribution in [3.05, 3.63) is 93.0 Å². The predicted molar refractivity (Wildman–Crippen MR) is 115 cm³/mol. The molecule has 0 saturated carbocycles. The van der Waals surface area contributed by atoms with E-state index in [4.69, 9.17) is 27.9 Å². The molecule has 0 aliphatic heterocycles. The molecular weight excluding hydrogens is 377 g/mol. The topological polar surface area (TPSA) is 21.3 Å². The van der Waals surface area contributed by atoms with Crippen molar-refractivity contribution in [3.8, 4) is 5.75 Å². The van der Waals surface area contributed by atoms with Gasteiger partial charge in [-0.3, -0.25) is 0 Å². The molecule has 3 aromatic carbocycles. The van der Waals surface area contributed by atoms with Crippen molar-refractivity contribution < 1.29 is 4.74 Å². The van der Waals surface area contributed by atoms with E-state index in [9.17, 15) is 0 Å². The van der Waals surface area contributed by atoms with Gasteiger partial charge in [0.05, 0.1) is 10.0 Å². The van der Waals surface area contributed by atoms with E-state index in [1.54, 1.807) is 0 Å². The fraction of sp³-hybridized carbons (Fsp3) is 0.217. The van der Waals surface area contributed by atoms with Gasteiger partial charge >= 0.3 is 0 Å². The Morgan fingerprint density at radius 3 is 2.00 bits per heavy atom. The monoisotopic (exact) mass is 399 g/mol. The third kappa shape index (κ3) is 5.41. The van der Waals surface area contributed by atoms with E-state index >= 15 is 0 Å². The normalized spacial score (nSPS) is 10.7. The second-order valence-corrected chi connectivity index (χ2v) is 7.38. The van der Waals surface area contributed by atoms with Gasteiger partial charge in [-0.1, -0.05) is 72.1 Å². The van der Waals surface area contributed by atoms with Crippen LogP contribution in [0.4, 0.5) is 5.69 Å². The molecule has 2 nitrogen and oxygen atoms in total. The van der Waals surface area contributed by atoms with Crippen LogP contribution in [-0.4, -0.2) is 0 Å². The van der Waals surface area contributed by atoms with Gasteiger partial charge in [0.25, 0.3) is 0 Å². The molecule has 0 heterocycles. The van der Waals surface area contributed by atoms with E-state index in [0.717, 1.165) is 23.2 Å². The van der Waals surface area contributed by atoms with E-state index in [1.807, 2.05) is 24.3 Å². The number of nitrogens with one attached hydrogen (secondary N) is 1. The van der Waals surface area contributed by atoms with E-state index in [2.05, 4.69) is 55.6 Å². The number of hydrogen-bond donors (Lipinski definition) is 1. The average molecular weight is 400 g/mol. The molecule has 4 heteroatoms. The third-order valence-electron chi connectivity index (χ3n) is 4.42. The van der Waals surface area contributed by atoms with E-state index in [0.29, 0.717) is 28.9 Å². The molecule has 0 aliphatic carbocycles. The highest BCUT2D eigenvalue weighted by atomic mass is 35.5. The van der Waals surface area contributed by atoms with Gasteiger partial charge in [0.1, 0.15) is 6.61 Å². The van der Waals surface area contributed by atoms with Crippen molar-refractivity contribution in [2.24, 2.45) is 0 Å². The number of ether oxygens (including phenoxy) is 1. The lowest BCUT2D eigenvalue weighted by Gasteiger charge is -2.13. The summed E-state index contributed by atoms with van der Waals surface area (Å²) in [5.41, 5.74) is 5.69. The molecule has 1 N–H and O–H groups in total. The van der Waals surface area contributed by atoms with Gasteiger partial charge in [0, 0.05) is 12.2 Å². The predicted octanol–water partition coefficient (Wildman–Crippen LogP) is 7.06. The molecular formula is C23H23Cl2NO. The highest BCUT2D eigenvalue weighted by molar-refractivity contribution is 6.37. The van der Waals surface area contributed by atoms with Gasteiger partial charge in [0.15, 0.2) is 5.75 Å². The first-order valence-electron chi connectivity index (χ1n) is 9.04. The van der Waals surface area contributed by atoms with Crippen LogP contribution < -0.4 is 10.1 Å². The summed E-state index contributed by atoms with van der Waals surface area (Å²) >= 11 is 12.8. The van der Waals surface area contributed by atoms with E-state index in [1.165, 1.54) is 11.1 Å². The lowest BCUT2D eigenvalue weighted by Crippen LogP contribution is -2.01. The summed E-state index contributed by atoms with van der Waals surface area (Å²) in [4.78, 5) is 0. The average Bonchev–Trinajstić information content (AvgIpc) is 2.67. The molecule has 27 heavy (non-hydrogen) atoms. The Morgan fingerprint density at radius 1 is 0.815 bits per heavy atom. The van der Waals surface area contributed by atoms with Gasteiger partial charge in [-0.15, -0.1) is 0 Å². The summed E-state index contributed by atoms with van der Waals surface area (Å²) in [6.45, 7) is 5.28. The summed E-state index contributed by atoms with van der Waals surface area (Å²) in [7, 11) is 0. The molecule has 0 unspecified atom stereocenters. The molecule has 0 spiro atoms. The highest BCUT2D eigenvalue weighted by Gasteiger charge is 2.10. The Hall–Kier alpha value is -2.16. The smallest absolute Gasteiger partial charge is 0.156 e. The van der Waals surface area contributed by atoms with E-state index in [-0.39, 0.29) is 0 Å². The SMILES string of the molecule is CCc1ccc(NCc2cc(Cl)c(OCc3ccc(C)cc3)c(Cl)c2)cc1. The summed E-state index contributed by atoms with van der Waals surface area (Å²) in [5.74, 6) is 0.523. The molecule has 3 rings (SSSR count). The quantitative estimate of drug-likeness (QED) is 0.459. The summed E-state index contributed by atoms with van der Waals surface area (Å²) < 4.78 is 5.85. The molecule has 3 aromatic rings. The highest BCUT2D eigenvalue weighted by Crippen LogP contribution is 2.35. The first-order valence-corrected chi connectivity index (χ1v) is 9.80. The van der Waals surface area contributed by atoms with Gasteiger partial charge in [0.2, 0.25) is 0 Å². The molecule has 0 fully saturated rings. The molecule has 140 valence electrons. The standard InChI is InChI=1S/C23H23Cl2NO/c1-3-17-8-10-20(11-9-17)26-14-19-12-21(24)23(22(25)13-19)27-15-18-6-4-16(2)5-7-18/h4-13,26H,3,14-15H2,1-2H3. The summed E-state index contributed by atoms with van der Waals surface area (Å²) in [6.07, 6.45) is 1.04. The lowest BCUT2D eigenvalue weighted by molar-refractivity contribution is 0.306. The second kappa shape index (κ2) is 9.16. The fourth-order valence-electron chi connectivity index (χ4n) is 2.75. The van der Waals surface area contributed by atoms with Gasteiger partial charge in [-0.2, -0.15) is 0 Å². The zero-order valence-electron chi connectivity index (χ0n) is 15.6. The number of hydrogen-bond acceptors (Lipinski definition) is 2. The van der Waals surface area contributed by atoms with Crippen LogP contribution in [0.15, 0.2) is 60.7 Å². The van der Waals surface area contributed by atoms with Crippen molar-refractivity contribution in [3.63, 3.8) is 0 Å². The number of aryl methyl sites for hydroxylation is 2. The zero-order chi connectivity index (χ0) is 19.2. The molecule has 0 atom stereocenters. The second-order valence-electron chi connectivity index (χ2n) is 6.57. The Balaban J connectivity index is 1.63. The van der Waals surface area contributed by atoms with Crippen molar-refractivity contribution in [1.29, 1.82) is 0 Å². The van der Waals surface area contributed by atoms with E-state index < -0.39 is 0 Å². The minimum Gasteiger partial charge on any atom is -0.486 e. The Kier molecular flexibility index (Phi) is 6.65. The Morgan fingerprint density at radius 2 is 1.41 bits per heavy atom. The number of halogens is 2. The van der Waals surface area contributed by atoms with Crippen molar-refractivity contribution in [1.82, 2.24) is 0 Å². The molecule has 0 bridgehead atoms. The molecule has 0 amide bonds. The number of rotatable bonds is 7. The Bertz CT molecular complexity index is 866. The van der Waals surface area contributed by atoms with Crippen LogP contribution in [-0.2, 0) is 19.6 Å². The first-order chi connectivity index (χ1) is 13.0. The van der Waals surface area contributed by atoms with Crippen LogP contribution in [0, 0.1) is 6.92 Å². The van der Waals surface area contributed by atoms with Crippen LogP contribution in [0.3, 0.4) is 0 Å². The maximum Gasteiger partial charge on any atom is 0.156 e. The van der Waals surface area contributed by atoms with Crippen LogP contribution in [0.1, 0.15) is 29.2 Å². The van der Waals surface area contributed by atoms with Crippen LogP contribution in [0.5, 0.6) is 5.75 Å². The molecule has 0 aliphatic rings. The van der Waals surface area contributed by atoms with Crippen LogP contribution >= 0.6 is 23.2 Å². The van der Waals surface area contributed by atoms with Gasteiger partial charge < -0.3 is 10.1 Å². The maximum atomic E-state index is 6.41. The van der Waals surface area contributed by atoms with Crippen molar-refractivity contribution in [2.75, 3.05) is 5.32 Å². The van der Waals surface area contributed by atoms with Crippen LogP contribution in [0.2, 0.25) is 10.0 Å². The van der Waals surface area contributed by atoms with Gasteiger partial charge in [-0.25, -0.2) is 0 Å². The fourth-order valence-corrected chi connectivity index (χ4v) is 3.40. The minimum atomic E-state index is 0.432. The summed E-state index contributed by atoms with van der Waals surface area (Å²) in [5, 5.41) is 4.43. The van der Waals surface area contributed by atoms with Crippen molar-refractivity contribution >= 4 is 28.9 Å². The number of benzene rings is 3. The molecule has 0 aromatic heterocycles. The third-order valence-corrected chi connectivity index (χ3v) is 4.98. The van der Waals surface area contributed by atoms with Gasteiger partial charge in [-0.05, 0) is 54.3 Å². The zero-order valence-corrected chi connectivity index (χ0v) is 17.1. The summed E-state index contributed by atoms with van der Waals surface area (Å²) in [6, 6.07) is 20.4. The molecule has 0 saturated heterocycles.